The Hall–Kier alpha value is -2.12. The summed E-state index contributed by atoms with van der Waals surface area (Å²) in [5.41, 5.74) is 1.15. The fourth-order valence-electron chi connectivity index (χ4n) is 3.53. The van der Waals surface area contributed by atoms with Crippen molar-refractivity contribution in [2.75, 3.05) is 6.61 Å². The number of aromatic nitrogens is 1. The molecule has 28 heavy (non-hydrogen) atoms. The van der Waals surface area contributed by atoms with Crippen molar-refractivity contribution < 1.29 is 23.4 Å². The normalized spacial score (nSPS) is 22.3. The third-order valence-corrected chi connectivity index (χ3v) is 5.96. The first-order valence-electron chi connectivity index (χ1n) is 9.81. The van der Waals surface area contributed by atoms with Crippen LogP contribution in [0.15, 0.2) is 34.9 Å². The molecule has 2 heterocycles. The first kappa shape index (κ1) is 20.6. The van der Waals surface area contributed by atoms with Gasteiger partial charge < -0.3 is 18.6 Å². The van der Waals surface area contributed by atoms with E-state index < -0.39 is 18.7 Å². The van der Waals surface area contributed by atoms with E-state index in [4.69, 9.17) is 18.6 Å². The molecule has 0 aliphatic carbocycles. The maximum atomic E-state index is 11.7. The van der Waals surface area contributed by atoms with E-state index in [0.29, 0.717) is 18.3 Å². The first-order chi connectivity index (χ1) is 13.2. The largest absolute Gasteiger partial charge is 0.494 e. The third kappa shape index (κ3) is 3.61. The quantitative estimate of drug-likeness (QED) is 0.556. The molecule has 0 spiro atoms. The van der Waals surface area contributed by atoms with Crippen molar-refractivity contribution in [3.8, 4) is 11.3 Å². The molecule has 2 aromatic rings. The summed E-state index contributed by atoms with van der Waals surface area (Å²) in [5.74, 6) is 0.378. The molecule has 7 heteroatoms. The van der Waals surface area contributed by atoms with Gasteiger partial charge in [0.2, 0.25) is 0 Å². The van der Waals surface area contributed by atoms with Crippen molar-refractivity contribution in [2.24, 2.45) is 5.92 Å². The van der Waals surface area contributed by atoms with Gasteiger partial charge in [-0.25, -0.2) is 4.79 Å². The van der Waals surface area contributed by atoms with Crippen LogP contribution >= 0.6 is 0 Å². The highest BCUT2D eigenvalue weighted by molar-refractivity contribution is 6.62. The standard InChI is InChI=1S/C21H28BNO5/c1-7-14(3)21(6)20(4,5)27-22(28-21)16-11-9-15(10-12-16)18-13-17(23-26-18)19(24)25-8-2/h9-14H,7-8H2,1-6H3/t14-,21?/m0/s1. The lowest BCUT2D eigenvalue weighted by atomic mass is 9.76. The zero-order valence-corrected chi connectivity index (χ0v) is 17.4. The first-order valence-corrected chi connectivity index (χ1v) is 9.81. The van der Waals surface area contributed by atoms with Crippen molar-refractivity contribution >= 4 is 18.6 Å². The highest BCUT2D eigenvalue weighted by Gasteiger charge is 2.56. The van der Waals surface area contributed by atoms with Gasteiger partial charge in [-0.1, -0.05) is 49.7 Å². The average molecular weight is 385 g/mol. The molecule has 150 valence electrons. The van der Waals surface area contributed by atoms with Crippen molar-refractivity contribution in [1.29, 1.82) is 0 Å². The fraction of sp³-hybridized carbons (Fsp3) is 0.524. The van der Waals surface area contributed by atoms with E-state index >= 15 is 0 Å². The summed E-state index contributed by atoms with van der Waals surface area (Å²) in [5, 5.41) is 3.78. The van der Waals surface area contributed by atoms with Gasteiger partial charge >= 0.3 is 13.1 Å². The zero-order chi connectivity index (χ0) is 20.5. The summed E-state index contributed by atoms with van der Waals surface area (Å²) in [6, 6.07) is 9.29. The molecule has 1 aliphatic heterocycles. The molecule has 1 unspecified atom stereocenters. The van der Waals surface area contributed by atoms with E-state index in [0.717, 1.165) is 17.4 Å². The molecule has 0 bridgehead atoms. The van der Waals surface area contributed by atoms with Gasteiger partial charge in [0.15, 0.2) is 11.5 Å². The van der Waals surface area contributed by atoms with E-state index in [1.807, 2.05) is 24.3 Å². The van der Waals surface area contributed by atoms with Crippen LogP contribution in [0.5, 0.6) is 0 Å². The second-order valence-corrected chi connectivity index (χ2v) is 7.91. The SMILES string of the molecule is CCOC(=O)c1cc(-c2ccc(B3OC(C)(C)C(C)([C@@H](C)CC)O3)cc2)on1. The van der Waals surface area contributed by atoms with Gasteiger partial charge in [0, 0.05) is 11.6 Å². The highest BCUT2D eigenvalue weighted by atomic mass is 16.7. The molecule has 1 saturated heterocycles. The number of hydrogen-bond acceptors (Lipinski definition) is 6. The molecule has 1 fully saturated rings. The Kier molecular flexibility index (Phi) is 5.68. The molecule has 0 radical (unpaired) electrons. The van der Waals surface area contributed by atoms with Crippen LogP contribution in [-0.2, 0) is 14.0 Å². The van der Waals surface area contributed by atoms with Gasteiger partial charge in [-0.3, -0.25) is 0 Å². The number of ether oxygens (including phenoxy) is 1. The fourth-order valence-corrected chi connectivity index (χ4v) is 3.53. The number of esters is 1. The lowest BCUT2D eigenvalue weighted by Crippen LogP contribution is -2.49. The molecule has 0 N–H and O–H groups in total. The Bertz CT molecular complexity index is 832. The molecule has 0 amide bonds. The second kappa shape index (κ2) is 7.72. The van der Waals surface area contributed by atoms with E-state index in [1.54, 1.807) is 13.0 Å². The predicted octanol–water partition coefficient (Wildman–Crippen LogP) is 3.84. The lowest BCUT2D eigenvalue weighted by molar-refractivity contribution is -0.0499. The van der Waals surface area contributed by atoms with E-state index in [1.165, 1.54) is 0 Å². The Morgan fingerprint density at radius 2 is 1.86 bits per heavy atom. The van der Waals surface area contributed by atoms with Crippen LogP contribution in [0.2, 0.25) is 0 Å². The van der Waals surface area contributed by atoms with Crippen LogP contribution in [0, 0.1) is 5.92 Å². The Morgan fingerprint density at radius 1 is 1.18 bits per heavy atom. The molecule has 6 nitrogen and oxygen atoms in total. The monoisotopic (exact) mass is 385 g/mol. The van der Waals surface area contributed by atoms with Crippen molar-refractivity contribution in [1.82, 2.24) is 5.16 Å². The van der Waals surface area contributed by atoms with Gasteiger partial charge in [-0.2, -0.15) is 0 Å². The molecule has 2 atom stereocenters. The van der Waals surface area contributed by atoms with Crippen LogP contribution in [0.1, 0.15) is 58.5 Å². The van der Waals surface area contributed by atoms with E-state index in [2.05, 4.69) is 39.8 Å². The zero-order valence-electron chi connectivity index (χ0n) is 17.4. The Balaban J connectivity index is 1.78. The second-order valence-electron chi connectivity index (χ2n) is 7.91. The van der Waals surface area contributed by atoms with Gasteiger partial charge in [-0.05, 0) is 39.1 Å². The van der Waals surface area contributed by atoms with Crippen LogP contribution < -0.4 is 5.46 Å². The predicted molar refractivity (Wildman–Crippen MR) is 107 cm³/mol. The minimum atomic E-state index is -0.492. The Labute approximate surface area is 166 Å². The van der Waals surface area contributed by atoms with Crippen LogP contribution in [0.4, 0.5) is 0 Å². The number of rotatable bonds is 6. The summed E-state index contributed by atoms with van der Waals surface area (Å²) < 4.78 is 22.9. The minimum Gasteiger partial charge on any atom is -0.461 e. The molecule has 1 aromatic carbocycles. The molecular formula is C21H28BNO5. The van der Waals surface area contributed by atoms with Gasteiger partial charge in [0.1, 0.15) is 0 Å². The lowest BCUT2D eigenvalue weighted by Gasteiger charge is -2.41. The minimum absolute atomic E-state index is 0.162. The third-order valence-electron chi connectivity index (χ3n) is 5.96. The summed E-state index contributed by atoms with van der Waals surface area (Å²) in [4.78, 5) is 11.7. The number of carbonyl (C=O) groups is 1. The summed E-state index contributed by atoms with van der Waals surface area (Å²) in [6.45, 7) is 12.7. The molecule has 0 saturated carbocycles. The van der Waals surface area contributed by atoms with Crippen molar-refractivity contribution in [3.63, 3.8) is 0 Å². The van der Waals surface area contributed by atoms with Crippen molar-refractivity contribution in [3.05, 3.63) is 36.0 Å². The number of nitrogens with zero attached hydrogens (tertiary/aromatic N) is 1. The summed E-state index contributed by atoms with van der Waals surface area (Å²) in [7, 11) is -0.423. The number of benzene rings is 1. The van der Waals surface area contributed by atoms with Crippen LogP contribution in [-0.4, -0.2) is 36.1 Å². The van der Waals surface area contributed by atoms with E-state index in [9.17, 15) is 4.79 Å². The van der Waals surface area contributed by atoms with Crippen LogP contribution in [0.25, 0.3) is 11.3 Å². The van der Waals surface area contributed by atoms with Gasteiger partial charge in [0.05, 0.1) is 17.8 Å². The Morgan fingerprint density at radius 3 is 2.46 bits per heavy atom. The summed E-state index contributed by atoms with van der Waals surface area (Å²) in [6.07, 6.45) is 1.02. The van der Waals surface area contributed by atoms with Gasteiger partial charge in [0.25, 0.3) is 0 Å². The maximum Gasteiger partial charge on any atom is 0.494 e. The molecule has 3 rings (SSSR count). The number of carbonyl (C=O) groups excluding carboxylic acids is 1. The topological polar surface area (TPSA) is 70.8 Å². The molecule has 1 aromatic heterocycles. The smallest absolute Gasteiger partial charge is 0.461 e. The van der Waals surface area contributed by atoms with E-state index in [-0.39, 0.29) is 11.3 Å². The highest BCUT2D eigenvalue weighted by Crippen LogP contribution is 2.43. The van der Waals surface area contributed by atoms with Gasteiger partial charge in [-0.15, -0.1) is 0 Å². The van der Waals surface area contributed by atoms with Crippen LogP contribution in [0.3, 0.4) is 0 Å². The maximum absolute atomic E-state index is 11.7. The molecule has 1 aliphatic rings. The number of hydrogen-bond donors (Lipinski definition) is 0. The van der Waals surface area contributed by atoms with Crippen molar-refractivity contribution in [2.45, 2.75) is 59.2 Å². The average Bonchev–Trinajstić information content (AvgIpc) is 3.25. The summed E-state index contributed by atoms with van der Waals surface area (Å²) >= 11 is 0. The molecular weight excluding hydrogens is 357 g/mol.